The molecule has 1 atom stereocenters. The highest BCUT2D eigenvalue weighted by molar-refractivity contribution is 7.92. The molecule has 0 saturated carbocycles. The molecule has 1 aliphatic heterocycles. The van der Waals surface area contributed by atoms with Gasteiger partial charge >= 0.3 is 0 Å². The van der Waals surface area contributed by atoms with Crippen molar-refractivity contribution in [1.82, 2.24) is 9.88 Å². The van der Waals surface area contributed by atoms with Crippen LogP contribution in [-0.2, 0) is 10.0 Å². The summed E-state index contributed by atoms with van der Waals surface area (Å²) < 4.78 is 29.3. The number of amides is 1. The summed E-state index contributed by atoms with van der Waals surface area (Å²) in [5.41, 5.74) is 2.79. The van der Waals surface area contributed by atoms with Crippen LogP contribution in [0.4, 0.5) is 5.69 Å². The second-order valence-electron chi connectivity index (χ2n) is 8.12. The lowest BCUT2D eigenvalue weighted by Gasteiger charge is -2.23. The number of carbonyl (C=O) groups excluding carboxylic acids is 1. The Bertz CT molecular complexity index is 1400. The number of aryl methyl sites for hydroxylation is 1. The Morgan fingerprint density at radius 3 is 2.52 bits per heavy atom. The van der Waals surface area contributed by atoms with Crippen LogP contribution in [-0.4, -0.2) is 30.8 Å². The lowest BCUT2D eigenvalue weighted by Crippen LogP contribution is -2.30. The summed E-state index contributed by atoms with van der Waals surface area (Å²) >= 11 is 1.63. The van der Waals surface area contributed by atoms with E-state index in [0.717, 1.165) is 33.6 Å². The quantitative estimate of drug-likeness (QED) is 0.418. The maximum Gasteiger partial charge on any atom is 0.261 e. The number of likely N-dealkylation sites (tertiary alicyclic amines) is 1. The first-order valence-electron chi connectivity index (χ1n) is 10.8. The second kappa shape index (κ2) is 8.61. The fourth-order valence-electron chi connectivity index (χ4n) is 4.13. The van der Waals surface area contributed by atoms with Crippen molar-refractivity contribution in [2.75, 3.05) is 11.3 Å². The number of para-hydroxylation sites is 2. The average Bonchev–Trinajstić information content (AvgIpc) is 3.47. The molecule has 1 saturated heterocycles. The number of nitrogens with one attached hydrogen (secondary N) is 1. The summed E-state index contributed by atoms with van der Waals surface area (Å²) in [6.45, 7) is 2.51. The van der Waals surface area contributed by atoms with Crippen LogP contribution in [0.15, 0.2) is 77.7 Å². The van der Waals surface area contributed by atoms with Crippen molar-refractivity contribution < 1.29 is 13.2 Å². The van der Waals surface area contributed by atoms with Crippen LogP contribution in [0.5, 0.6) is 0 Å². The summed E-state index contributed by atoms with van der Waals surface area (Å²) in [4.78, 5) is 20.0. The molecule has 4 aromatic rings. The zero-order chi connectivity index (χ0) is 23.0. The van der Waals surface area contributed by atoms with Crippen molar-refractivity contribution in [2.45, 2.75) is 30.7 Å². The van der Waals surface area contributed by atoms with E-state index in [1.54, 1.807) is 35.6 Å². The van der Waals surface area contributed by atoms with Gasteiger partial charge in [0.1, 0.15) is 5.01 Å². The summed E-state index contributed by atoms with van der Waals surface area (Å²) in [7, 11) is -3.75. The third-order valence-electron chi connectivity index (χ3n) is 5.91. The van der Waals surface area contributed by atoms with E-state index in [4.69, 9.17) is 4.98 Å². The number of thiazole rings is 1. The number of carbonyl (C=O) groups is 1. The maximum atomic E-state index is 13.3. The molecule has 168 valence electrons. The maximum absolute atomic E-state index is 13.3. The van der Waals surface area contributed by atoms with Crippen molar-refractivity contribution in [3.8, 4) is 0 Å². The molecule has 8 heteroatoms. The fraction of sp³-hybridized carbons (Fsp3) is 0.200. The van der Waals surface area contributed by atoms with Gasteiger partial charge in [-0.1, -0.05) is 30.3 Å². The first kappa shape index (κ1) is 21.6. The standard InChI is InChI=1S/C25H23N3O3S2/c1-17-7-2-3-8-20(17)27-33(30,31)19-14-12-18(13-15-19)25(29)28-16-6-10-22(28)24-26-21-9-4-5-11-23(21)32-24/h2-5,7-9,11-15,22,27H,6,10,16H2,1H3/t22-/m1/s1. The molecule has 6 nitrogen and oxygen atoms in total. The molecule has 33 heavy (non-hydrogen) atoms. The molecule has 1 fully saturated rings. The van der Waals surface area contributed by atoms with E-state index in [1.807, 2.05) is 48.2 Å². The number of aromatic nitrogens is 1. The molecule has 3 aromatic carbocycles. The number of nitrogens with zero attached hydrogens (tertiary/aromatic N) is 2. The number of anilines is 1. The van der Waals surface area contributed by atoms with Gasteiger partial charge in [-0.25, -0.2) is 13.4 Å². The number of sulfonamides is 1. The normalized spacial score (nSPS) is 16.3. The predicted octanol–water partition coefficient (Wildman–Crippen LogP) is 5.38. The van der Waals surface area contributed by atoms with Gasteiger partial charge in [0.25, 0.3) is 15.9 Å². The van der Waals surface area contributed by atoms with E-state index >= 15 is 0 Å². The summed E-state index contributed by atoms with van der Waals surface area (Å²) in [6, 6.07) is 21.3. The van der Waals surface area contributed by atoms with E-state index < -0.39 is 10.0 Å². The van der Waals surface area contributed by atoms with Crippen LogP contribution in [0, 0.1) is 6.92 Å². The van der Waals surface area contributed by atoms with E-state index in [2.05, 4.69) is 4.72 Å². The highest BCUT2D eigenvalue weighted by atomic mass is 32.2. The van der Waals surface area contributed by atoms with Crippen LogP contribution in [0.25, 0.3) is 10.2 Å². The average molecular weight is 478 g/mol. The topological polar surface area (TPSA) is 79.4 Å². The Kier molecular flexibility index (Phi) is 5.64. The summed E-state index contributed by atoms with van der Waals surface area (Å²) in [5, 5.41) is 0.948. The van der Waals surface area contributed by atoms with Crippen molar-refractivity contribution in [3.63, 3.8) is 0 Å². The lowest BCUT2D eigenvalue weighted by molar-refractivity contribution is 0.0735. The Labute approximate surface area is 197 Å². The molecule has 1 aliphatic rings. The molecule has 2 heterocycles. The van der Waals surface area contributed by atoms with Gasteiger partial charge in [-0.15, -0.1) is 11.3 Å². The lowest BCUT2D eigenvalue weighted by atomic mass is 10.1. The smallest absolute Gasteiger partial charge is 0.261 e. The van der Waals surface area contributed by atoms with Gasteiger partial charge < -0.3 is 4.90 Å². The zero-order valence-corrected chi connectivity index (χ0v) is 19.7. The molecule has 1 aromatic heterocycles. The van der Waals surface area contributed by atoms with Crippen molar-refractivity contribution in [2.24, 2.45) is 0 Å². The van der Waals surface area contributed by atoms with Crippen LogP contribution >= 0.6 is 11.3 Å². The molecule has 5 rings (SSSR count). The van der Waals surface area contributed by atoms with E-state index in [0.29, 0.717) is 17.8 Å². The third kappa shape index (κ3) is 4.24. The van der Waals surface area contributed by atoms with E-state index in [1.165, 1.54) is 12.1 Å². The minimum absolute atomic E-state index is 0.0546. The van der Waals surface area contributed by atoms with Gasteiger partial charge in [-0.3, -0.25) is 9.52 Å². The number of hydrogen-bond acceptors (Lipinski definition) is 5. The molecule has 0 unspecified atom stereocenters. The van der Waals surface area contributed by atoms with Crippen molar-refractivity contribution in [3.05, 3.63) is 88.9 Å². The van der Waals surface area contributed by atoms with Crippen LogP contribution in [0.2, 0.25) is 0 Å². The van der Waals surface area contributed by atoms with Gasteiger partial charge in [0.05, 0.1) is 26.8 Å². The van der Waals surface area contributed by atoms with Gasteiger partial charge in [0, 0.05) is 12.1 Å². The molecule has 0 radical (unpaired) electrons. The van der Waals surface area contributed by atoms with Crippen molar-refractivity contribution >= 4 is 43.2 Å². The van der Waals surface area contributed by atoms with Crippen LogP contribution in [0.1, 0.15) is 39.8 Å². The molecular formula is C25H23N3O3S2. The summed E-state index contributed by atoms with van der Waals surface area (Å²) in [5.74, 6) is -0.104. The SMILES string of the molecule is Cc1ccccc1NS(=O)(=O)c1ccc(C(=O)N2CCC[C@@H]2c2nc3ccccc3s2)cc1. The van der Waals surface area contributed by atoms with Gasteiger partial charge in [0.2, 0.25) is 0 Å². The molecule has 1 amide bonds. The monoisotopic (exact) mass is 477 g/mol. The van der Waals surface area contributed by atoms with E-state index in [-0.39, 0.29) is 16.8 Å². The highest BCUT2D eigenvalue weighted by Gasteiger charge is 2.33. The minimum atomic E-state index is -3.75. The Morgan fingerprint density at radius 2 is 1.76 bits per heavy atom. The fourth-order valence-corrected chi connectivity index (χ4v) is 6.38. The van der Waals surface area contributed by atoms with Gasteiger partial charge in [-0.05, 0) is 67.8 Å². The first-order chi connectivity index (χ1) is 15.9. The third-order valence-corrected chi connectivity index (χ3v) is 8.43. The number of hydrogen-bond donors (Lipinski definition) is 1. The van der Waals surface area contributed by atoms with Gasteiger partial charge in [-0.2, -0.15) is 0 Å². The zero-order valence-electron chi connectivity index (χ0n) is 18.1. The molecular weight excluding hydrogens is 454 g/mol. The molecule has 0 aliphatic carbocycles. The largest absolute Gasteiger partial charge is 0.329 e. The molecule has 0 spiro atoms. The number of rotatable bonds is 5. The van der Waals surface area contributed by atoms with Gasteiger partial charge in [0.15, 0.2) is 0 Å². The Hall–Kier alpha value is -3.23. The van der Waals surface area contributed by atoms with Crippen LogP contribution < -0.4 is 4.72 Å². The highest BCUT2D eigenvalue weighted by Crippen LogP contribution is 2.37. The first-order valence-corrected chi connectivity index (χ1v) is 13.1. The van der Waals surface area contributed by atoms with E-state index in [9.17, 15) is 13.2 Å². The molecule has 0 bridgehead atoms. The molecule has 1 N–H and O–H groups in total. The Balaban J connectivity index is 1.36. The predicted molar refractivity (Wildman–Crippen MR) is 131 cm³/mol. The Morgan fingerprint density at radius 1 is 1.03 bits per heavy atom. The van der Waals surface area contributed by atoms with Crippen LogP contribution in [0.3, 0.4) is 0 Å². The number of benzene rings is 3. The summed E-state index contributed by atoms with van der Waals surface area (Å²) in [6.07, 6.45) is 1.79. The number of fused-ring (bicyclic) bond motifs is 1. The van der Waals surface area contributed by atoms with Crippen molar-refractivity contribution in [1.29, 1.82) is 0 Å². The second-order valence-corrected chi connectivity index (χ2v) is 10.9. The minimum Gasteiger partial charge on any atom is -0.329 e.